The van der Waals surface area contributed by atoms with Crippen molar-refractivity contribution in [1.29, 1.82) is 0 Å². The van der Waals surface area contributed by atoms with Crippen LogP contribution >= 0.6 is 0 Å². The van der Waals surface area contributed by atoms with Gasteiger partial charge in [0.15, 0.2) is 0 Å². The average Bonchev–Trinajstić information content (AvgIpc) is 3.09. The van der Waals surface area contributed by atoms with Gasteiger partial charge in [0.1, 0.15) is 0 Å². The van der Waals surface area contributed by atoms with Gasteiger partial charge in [-0.1, -0.05) is 30.4 Å². The number of aromatic amines is 1. The molecular formula is C16H19N3O. The Balaban J connectivity index is 1.65. The third-order valence-electron chi connectivity index (χ3n) is 3.81. The topological polar surface area (TPSA) is 70.9 Å². The molecule has 0 unspecified atom stereocenters. The van der Waals surface area contributed by atoms with Crippen LogP contribution in [0.25, 0.3) is 10.9 Å². The first-order chi connectivity index (χ1) is 9.74. The summed E-state index contributed by atoms with van der Waals surface area (Å²) in [5.74, 6) is -0.0658. The second-order valence-electron chi connectivity index (χ2n) is 5.32. The normalized spacial score (nSPS) is 16.6. The Hall–Kier alpha value is -2.07. The fourth-order valence-corrected chi connectivity index (χ4v) is 2.67. The van der Waals surface area contributed by atoms with Crippen LogP contribution in [-0.4, -0.2) is 23.0 Å². The molecule has 104 valence electrons. The second-order valence-corrected chi connectivity index (χ2v) is 5.32. The lowest BCUT2D eigenvalue weighted by Crippen LogP contribution is -2.45. The quantitative estimate of drug-likeness (QED) is 0.742. The van der Waals surface area contributed by atoms with Crippen molar-refractivity contribution in [2.45, 2.75) is 31.3 Å². The van der Waals surface area contributed by atoms with E-state index in [-0.39, 0.29) is 11.9 Å². The van der Waals surface area contributed by atoms with Crippen molar-refractivity contribution < 1.29 is 4.79 Å². The molecule has 2 aromatic rings. The van der Waals surface area contributed by atoms with E-state index in [0.29, 0.717) is 6.42 Å². The Morgan fingerprint density at radius 1 is 1.35 bits per heavy atom. The molecule has 1 amide bonds. The van der Waals surface area contributed by atoms with Gasteiger partial charge in [-0.25, -0.2) is 0 Å². The highest BCUT2D eigenvalue weighted by Gasteiger charge is 2.19. The first-order valence-corrected chi connectivity index (χ1v) is 7.00. The van der Waals surface area contributed by atoms with Gasteiger partial charge in [0.2, 0.25) is 5.91 Å². The van der Waals surface area contributed by atoms with E-state index in [1.165, 1.54) is 0 Å². The molecule has 4 heteroatoms. The monoisotopic (exact) mass is 269 g/mol. The van der Waals surface area contributed by atoms with Gasteiger partial charge in [0, 0.05) is 23.1 Å². The molecule has 4 nitrogen and oxygen atoms in total. The van der Waals surface area contributed by atoms with E-state index in [1.807, 2.05) is 30.5 Å². The number of H-pyrrole nitrogens is 1. The third kappa shape index (κ3) is 2.60. The highest BCUT2D eigenvalue weighted by atomic mass is 16.2. The van der Waals surface area contributed by atoms with Crippen LogP contribution in [0.3, 0.4) is 0 Å². The Morgan fingerprint density at radius 2 is 2.10 bits per heavy atom. The van der Waals surface area contributed by atoms with Crippen LogP contribution in [-0.2, 0) is 11.2 Å². The van der Waals surface area contributed by atoms with Crippen molar-refractivity contribution >= 4 is 16.8 Å². The standard InChI is InChI=1S/C16H19N3O/c17-14(16(20)19-12-5-1-2-6-12)9-11-10-18-15-8-4-3-7-13(11)15/h1-4,7-8,10,12,14,18H,5-6,9,17H2,(H,19,20)/t14-/m0/s1. The molecule has 0 saturated heterocycles. The summed E-state index contributed by atoms with van der Waals surface area (Å²) in [6.45, 7) is 0. The van der Waals surface area contributed by atoms with Gasteiger partial charge in [0.05, 0.1) is 6.04 Å². The summed E-state index contributed by atoms with van der Waals surface area (Å²) < 4.78 is 0. The molecule has 0 spiro atoms. The summed E-state index contributed by atoms with van der Waals surface area (Å²) in [4.78, 5) is 15.3. The van der Waals surface area contributed by atoms with Gasteiger partial charge in [-0.3, -0.25) is 4.79 Å². The molecule has 1 aromatic heterocycles. The van der Waals surface area contributed by atoms with Gasteiger partial charge in [-0.05, 0) is 30.9 Å². The summed E-state index contributed by atoms with van der Waals surface area (Å²) >= 11 is 0. The van der Waals surface area contributed by atoms with Crippen molar-refractivity contribution in [1.82, 2.24) is 10.3 Å². The van der Waals surface area contributed by atoms with E-state index in [4.69, 9.17) is 5.73 Å². The summed E-state index contributed by atoms with van der Waals surface area (Å²) in [5.41, 5.74) is 8.20. The maximum absolute atomic E-state index is 12.1. The van der Waals surface area contributed by atoms with Crippen LogP contribution in [0.4, 0.5) is 0 Å². The zero-order valence-electron chi connectivity index (χ0n) is 11.3. The predicted octanol–water partition coefficient (Wildman–Crippen LogP) is 1.87. The van der Waals surface area contributed by atoms with Crippen LogP contribution in [0.5, 0.6) is 0 Å². The van der Waals surface area contributed by atoms with Gasteiger partial charge in [-0.15, -0.1) is 0 Å². The number of nitrogens with one attached hydrogen (secondary N) is 2. The van der Waals surface area contributed by atoms with E-state index in [0.717, 1.165) is 29.3 Å². The molecule has 1 aliphatic carbocycles. The van der Waals surface area contributed by atoms with Gasteiger partial charge in [0.25, 0.3) is 0 Å². The van der Waals surface area contributed by atoms with Crippen molar-refractivity contribution in [3.63, 3.8) is 0 Å². The van der Waals surface area contributed by atoms with E-state index in [1.54, 1.807) is 0 Å². The van der Waals surface area contributed by atoms with Crippen molar-refractivity contribution in [2.75, 3.05) is 0 Å². The highest BCUT2D eigenvalue weighted by molar-refractivity contribution is 5.86. The molecule has 0 radical (unpaired) electrons. The highest BCUT2D eigenvalue weighted by Crippen LogP contribution is 2.19. The first kappa shape index (κ1) is 12.9. The zero-order valence-corrected chi connectivity index (χ0v) is 11.3. The number of aromatic nitrogens is 1. The summed E-state index contributed by atoms with van der Waals surface area (Å²) in [6.07, 6.45) is 8.49. The number of carbonyl (C=O) groups is 1. The third-order valence-corrected chi connectivity index (χ3v) is 3.81. The van der Waals surface area contributed by atoms with Gasteiger partial charge in [-0.2, -0.15) is 0 Å². The van der Waals surface area contributed by atoms with E-state index in [2.05, 4.69) is 22.5 Å². The average molecular weight is 269 g/mol. The molecular weight excluding hydrogens is 250 g/mol. The van der Waals surface area contributed by atoms with Crippen molar-refractivity contribution in [3.8, 4) is 0 Å². The van der Waals surface area contributed by atoms with E-state index >= 15 is 0 Å². The Bertz CT molecular complexity index is 636. The van der Waals surface area contributed by atoms with E-state index in [9.17, 15) is 4.79 Å². The lowest BCUT2D eigenvalue weighted by Gasteiger charge is -2.16. The second kappa shape index (κ2) is 5.51. The number of nitrogens with two attached hydrogens (primary N) is 1. The Labute approximate surface area is 118 Å². The number of benzene rings is 1. The molecule has 0 bridgehead atoms. The van der Waals surface area contributed by atoms with E-state index < -0.39 is 6.04 Å². The molecule has 3 rings (SSSR count). The minimum Gasteiger partial charge on any atom is -0.361 e. The minimum absolute atomic E-state index is 0.0658. The minimum atomic E-state index is -0.505. The van der Waals surface area contributed by atoms with Crippen LogP contribution in [0.15, 0.2) is 42.6 Å². The number of hydrogen-bond acceptors (Lipinski definition) is 2. The summed E-state index contributed by atoms with van der Waals surface area (Å²) in [7, 11) is 0. The Kier molecular flexibility index (Phi) is 3.56. The molecule has 1 aliphatic rings. The van der Waals surface area contributed by atoms with Crippen molar-refractivity contribution in [3.05, 3.63) is 48.2 Å². The largest absolute Gasteiger partial charge is 0.361 e. The van der Waals surface area contributed by atoms with Gasteiger partial charge >= 0.3 is 0 Å². The van der Waals surface area contributed by atoms with Crippen LogP contribution in [0.1, 0.15) is 18.4 Å². The number of amides is 1. The van der Waals surface area contributed by atoms with Gasteiger partial charge < -0.3 is 16.0 Å². The molecule has 1 heterocycles. The molecule has 0 aliphatic heterocycles. The first-order valence-electron chi connectivity index (χ1n) is 7.00. The fourth-order valence-electron chi connectivity index (χ4n) is 2.67. The molecule has 4 N–H and O–H groups in total. The van der Waals surface area contributed by atoms with Crippen molar-refractivity contribution in [2.24, 2.45) is 5.73 Å². The lowest BCUT2D eigenvalue weighted by atomic mass is 10.0. The number of hydrogen-bond donors (Lipinski definition) is 3. The smallest absolute Gasteiger partial charge is 0.237 e. The van der Waals surface area contributed by atoms with Crippen LogP contribution < -0.4 is 11.1 Å². The van der Waals surface area contributed by atoms with Crippen LogP contribution in [0, 0.1) is 0 Å². The Morgan fingerprint density at radius 3 is 2.90 bits per heavy atom. The molecule has 0 saturated carbocycles. The van der Waals surface area contributed by atoms with Crippen LogP contribution in [0.2, 0.25) is 0 Å². The fraction of sp³-hybridized carbons (Fsp3) is 0.312. The molecule has 1 aromatic carbocycles. The maximum atomic E-state index is 12.1. The number of carbonyl (C=O) groups excluding carboxylic acids is 1. The molecule has 0 fully saturated rings. The maximum Gasteiger partial charge on any atom is 0.237 e. The molecule has 1 atom stereocenters. The SMILES string of the molecule is N[C@@H](Cc1c[nH]c2ccccc12)C(=O)NC1CC=CC1. The number of rotatable bonds is 4. The number of fused-ring (bicyclic) bond motifs is 1. The number of para-hydroxylation sites is 1. The summed E-state index contributed by atoms with van der Waals surface area (Å²) in [6, 6.07) is 7.77. The zero-order chi connectivity index (χ0) is 13.9. The lowest BCUT2D eigenvalue weighted by molar-refractivity contribution is -0.122. The predicted molar refractivity (Wildman–Crippen MR) is 80.3 cm³/mol. The molecule has 20 heavy (non-hydrogen) atoms. The summed E-state index contributed by atoms with van der Waals surface area (Å²) in [5, 5.41) is 4.14.